The van der Waals surface area contributed by atoms with E-state index in [1.807, 2.05) is 30.3 Å². The first-order chi connectivity index (χ1) is 10.6. The molecule has 0 heterocycles. The molecule has 1 aromatic rings. The van der Waals surface area contributed by atoms with Crippen molar-refractivity contribution >= 4 is 12.0 Å². The van der Waals surface area contributed by atoms with Gasteiger partial charge in [-0.3, -0.25) is 4.79 Å². The van der Waals surface area contributed by atoms with E-state index in [9.17, 15) is 14.7 Å². The van der Waals surface area contributed by atoms with Gasteiger partial charge in [0.25, 0.3) is 0 Å². The number of nitrogens with one attached hydrogen (secondary N) is 2. The second-order valence-corrected chi connectivity index (χ2v) is 5.49. The van der Waals surface area contributed by atoms with Crippen molar-refractivity contribution in [2.24, 2.45) is 5.92 Å². The smallest absolute Gasteiger partial charge is 0.315 e. The van der Waals surface area contributed by atoms with E-state index in [1.165, 1.54) is 7.11 Å². The Kier molecular flexibility index (Phi) is 5.77. The fourth-order valence-electron chi connectivity index (χ4n) is 2.80. The molecule has 1 aliphatic carbocycles. The van der Waals surface area contributed by atoms with Crippen molar-refractivity contribution in [3.8, 4) is 0 Å². The molecular formula is C16H22N2O4. The van der Waals surface area contributed by atoms with E-state index in [4.69, 9.17) is 4.74 Å². The number of hydrogen-bond acceptors (Lipinski definition) is 4. The molecule has 0 bridgehead atoms. The fraction of sp³-hybridized carbons (Fsp3) is 0.500. The number of carbonyl (C=O) groups is 2. The number of urea groups is 1. The third kappa shape index (κ3) is 4.21. The molecule has 120 valence electrons. The molecular weight excluding hydrogens is 284 g/mol. The first kappa shape index (κ1) is 16.3. The Bertz CT molecular complexity index is 506. The molecule has 22 heavy (non-hydrogen) atoms. The molecule has 2 amide bonds. The summed E-state index contributed by atoms with van der Waals surface area (Å²) < 4.78 is 4.73. The molecule has 3 N–H and O–H groups in total. The molecule has 1 aromatic carbocycles. The Balaban J connectivity index is 1.84. The van der Waals surface area contributed by atoms with Crippen LogP contribution < -0.4 is 10.6 Å². The van der Waals surface area contributed by atoms with Crippen LogP contribution >= 0.6 is 0 Å². The standard InChI is InChI=1S/C16H22N2O4/c1-22-15(20)12-7-8-13(9-12)17-16(21)18-14(10-19)11-5-3-2-4-6-11/h2-6,12-14,19H,7-10H2,1H3,(H2,17,18,21)/t12-,13+,14-/m0/s1. The van der Waals surface area contributed by atoms with E-state index in [2.05, 4.69) is 10.6 Å². The number of carbonyl (C=O) groups excluding carboxylic acids is 2. The van der Waals surface area contributed by atoms with Gasteiger partial charge in [-0.05, 0) is 24.8 Å². The largest absolute Gasteiger partial charge is 0.469 e. The van der Waals surface area contributed by atoms with Crippen LogP contribution in [0.15, 0.2) is 30.3 Å². The minimum absolute atomic E-state index is 0.0424. The van der Waals surface area contributed by atoms with Crippen molar-refractivity contribution in [2.45, 2.75) is 31.3 Å². The van der Waals surface area contributed by atoms with Gasteiger partial charge in [-0.25, -0.2) is 4.79 Å². The molecule has 1 aliphatic rings. The Morgan fingerprint density at radius 2 is 2.05 bits per heavy atom. The van der Waals surface area contributed by atoms with Crippen molar-refractivity contribution in [1.29, 1.82) is 0 Å². The van der Waals surface area contributed by atoms with Crippen molar-refractivity contribution < 1.29 is 19.4 Å². The van der Waals surface area contributed by atoms with Gasteiger partial charge in [0.1, 0.15) is 0 Å². The maximum Gasteiger partial charge on any atom is 0.315 e. The maximum atomic E-state index is 12.0. The van der Waals surface area contributed by atoms with Crippen LogP contribution in [0.5, 0.6) is 0 Å². The number of esters is 1. The lowest BCUT2D eigenvalue weighted by atomic mass is 10.1. The third-order valence-electron chi connectivity index (χ3n) is 3.99. The van der Waals surface area contributed by atoms with Gasteiger partial charge >= 0.3 is 12.0 Å². The monoisotopic (exact) mass is 306 g/mol. The topological polar surface area (TPSA) is 87.7 Å². The molecule has 0 radical (unpaired) electrons. The fourth-order valence-corrected chi connectivity index (χ4v) is 2.80. The number of benzene rings is 1. The van der Waals surface area contributed by atoms with E-state index in [-0.39, 0.29) is 30.6 Å². The number of methoxy groups -OCH3 is 1. The summed E-state index contributed by atoms with van der Waals surface area (Å²) in [5.41, 5.74) is 0.846. The van der Waals surface area contributed by atoms with Crippen LogP contribution in [0.25, 0.3) is 0 Å². The number of ether oxygens (including phenoxy) is 1. The number of aliphatic hydroxyl groups excluding tert-OH is 1. The summed E-state index contributed by atoms with van der Waals surface area (Å²) >= 11 is 0. The summed E-state index contributed by atoms with van der Waals surface area (Å²) in [7, 11) is 1.38. The van der Waals surface area contributed by atoms with Gasteiger partial charge in [-0.15, -0.1) is 0 Å². The lowest BCUT2D eigenvalue weighted by molar-refractivity contribution is -0.145. The zero-order valence-electron chi connectivity index (χ0n) is 12.6. The molecule has 3 atom stereocenters. The molecule has 0 aromatic heterocycles. The second-order valence-electron chi connectivity index (χ2n) is 5.49. The summed E-state index contributed by atoms with van der Waals surface area (Å²) in [5, 5.41) is 15.0. The summed E-state index contributed by atoms with van der Waals surface area (Å²) in [6.45, 7) is -0.174. The van der Waals surface area contributed by atoms with Crippen molar-refractivity contribution in [1.82, 2.24) is 10.6 Å². The van der Waals surface area contributed by atoms with Crippen LogP contribution in [0.1, 0.15) is 30.9 Å². The highest BCUT2D eigenvalue weighted by Crippen LogP contribution is 2.26. The highest BCUT2D eigenvalue weighted by atomic mass is 16.5. The lowest BCUT2D eigenvalue weighted by Gasteiger charge is -2.19. The van der Waals surface area contributed by atoms with E-state index in [0.717, 1.165) is 18.4 Å². The van der Waals surface area contributed by atoms with Gasteiger partial charge in [0, 0.05) is 6.04 Å². The zero-order valence-corrected chi connectivity index (χ0v) is 12.6. The summed E-state index contributed by atoms with van der Waals surface area (Å²) in [5.74, 6) is -0.361. The number of amides is 2. The number of hydrogen-bond donors (Lipinski definition) is 3. The van der Waals surface area contributed by atoms with Gasteiger partial charge in [0.05, 0.1) is 25.7 Å². The van der Waals surface area contributed by atoms with E-state index < -0.39 is 6.04 Å². The van der Waals surface area contributed by atoms with Crippen molar-refractivity contribution in [3.63, 3.8) is 0 Å². The quantitative estimate of drug-likeness (QED) is 0.717. The van der Waals surface area contributed by atoms with Gasteiger partial charge in [0.2, 0.25) is 0 Å². The normalized spacial score (nSPS) is 21.9. The zero-order chi connectivity index (χ0) is 15.9. The van der Waals surface area contributed by atoms with Crippen LogP contribution in [0, 0.1) is 5.92 Å². The van der Waals surface area contributed by atoms with Crippen LogP contribution in [0.2, 0.25) is 0 Å². The van der Waals surface area contributed by atoms with Crippen molar-refractivity contribution in [2.75, 3.05) is 13.7 Å². The molecule has 0 aliphatic heterocycles. The maximum absolute atomic E-state index is 12.0. The predicted molar refractivity (Wildman–Crippen MR) is 81.1 cm³/mol. The summed E-state index contributed by atoms with van der Waals surface area (Å²) in [4.78, 5) is 23.5. The van der Waals surface area contributed by atoms with Gasteiger partial charge < -0.3 is 20.5 Å². The second kappa shape index (κ2) is 7.79. The molecule has 0 spiro atoms. The Hall–Kier alpha value is -2.08. The van der Waals surface area contributed by atoms with Gasteiger partial charge in [0.15, 0.2) is 0 Å². The SMILES string of the molecule is COC(=O)[C@H]1CC[C@@H](NC(=O)N[C@@H](CO)c2ccccc2)C1. The predicted octanol–water partition coefficient (Wildman–Crippen LogP) is 1.36. The molecule has 1 fully saturated rings. The van der Waals surface area contributed by atoms with E-state index >= 15 is 0 Å². The van der Waals surface area contributed by atoms with E-state index in [0.29, 0.717) is 6.42 Å². The Morgan fingerprint density at radius 1 is 1.32 bits per heavy atom. The first-order valence-corrected chi connectivity index (χ1v) is 7.44. The third-order valence-corrected chi connectivity index (χ3v) is 3.99. The van der Waals surface area contributed by atoms with Gasteiger partial charge in [-0.2, -0.15) is 0 Å². The molecule has 0 unspecified atom stereocenters. The molecule has 6 heteroatoms. The lowest BCUT2D eigenvalue weighted by Crippen LogP contribution is -2.43. The van der Waals surface area contributed by atoms with Crippen LogP contribution in [0.4, 0.5) is 4.79 Å². The van der Waals surface area contributed by atoms with Gasteiger partial charge in [-0.1, -0.05) is 30.3 Å². The van der Waals surface area contributed by atoms with Crippen LogP contribution in [-0.4, -0.2) is 36.9 Å². The average Bonchev–Trinajstić information content (AvgIpc) is 3.01. The van der Waals surface area contributed by atoms with E-state index in [1.54, 1.807) is 0 Å². The highest BCUT2D eigenvalue weighted by molar-refractivity contribution is 5.76. The van der Waals surface area contributed by atoms with Crippen molar-refractivity contribution in [3.05, 3.63) is 35.9 Å². The molecule has 1 saturated carbocycles. The Morgan fingerprint density at radius 3 is 2.68 bits per heavy atom. The minimum atomic E-state index is -0.445. The summed E-state index contributed by atoms with van der Waals surface area (Å²) in [6.07, 6.45) is 2.07. The first-order valence-electron chi connectivity index (χ1n) is 7.44. The number of aliphatic hydroxyl groups is 1. The highest BCUT2D eigenvalue weighted by Gasteiger charge is 2.31. The average molecular weight is 306 g/mol. The number of rotatable bonds is 5. The molecule has 2 rings (SSSR count). The minimum Gasteiger partial charge on any atom is -0.469 e. The van der Waals surface area contributed by atoms with Crippen LogP contribution in [-0.2, 0) is 9.53 Å². The Labute approximate surface area is 129 Å². The molecule has 0 saturated heterocycles. The molecule has 6 nitrogen and oxygen atoms in total. The van der Waals surface area contributed by atoms with Crippen LogP contribution in [0.3, 0.4) is 0 Å². The summed E-state index contributed by atoms with van der Waals surface area (Å²) in [6, 6.07) is 8.47.